The standard InChI is InChI=1S/C9H7NO2S/c13-6-10-7-1-2-8-9(5-7)12-4-3-11-8/h1-2,5H,3-4H2. The first kappa shape index (κ1) is 8.23. The molecule has 66 valence electrons. The summed E-state index contributed by atoms with van der Waals surface area (Å²) >= 11 is 4.50. The van der Waals surface area contributed by atoms with E-state index in [1.54, 1.807) is 6.07 Å². The minimum absolute atomic E-state index is 0.581. The molecule has 1 aliphatic rings. The second kappa shape index (κ2) is 3.56. The van der Waals surface area contributed by atoms with Gasteiger partial charge in [-0.25, -0.2) is 0 Å². The summed E-state index contributed by atoms with van der Waals surface area (Å²) in [5, 5.41) is 2.30. The van der Waals surface area contributed by atoms with Gasteiger partial charge in [0, 0.05) is 6.07 Å². The van der Waals surface area contributed by atoms with E-state index in [4.69, 9.17) is 9.47 Å². The quantitative estimate of drug-likeness (QED) is 0.506. The highest BCUT2D eigenvalue weighted by molar-refractivity contribution is 7.78. The predicted octanol–water partition coefficient (Wildman–Crippen LogP) is 2.19. The van der Waals surface area contributed by atoms with E-state index in [9.17, 15) is 0 Å². The highest BCUT2D eigenvalue weighted by atomic mass is 32.1. The molecule has 0 unspecified atom stereocenters. The maximum absolute atomic E-state index is 5.36. The predicted molar refractivity (Wildman–Crippen MR) is 52.1 cm³/mol. The monoisotopic (exact) mass is 193 g/mol. The summed E-state index contributed by atoms with van der Waals surface area (Å²) in [6.45, 7) is 1.18. The molecule has 1 heterocycles. The van der Waals surface area contributed by atoms with Gasteiger partial charge in [0.25, 0.3) is 0 Å². The molecule has 1 aliphatic heterocycles. The zero-order valence-electron chi connectivity index (χ0n) is 6.82. The normalized spacial score (nSPS) is 13.2. The number of aliphatic imine (C=N–C) groups is 1. The molecule has 4 heteroatoms. The van der Waals surface area contributed by atoms with Gasteiger partial charge < -0.3 is 9.47 Å². The smallest absolute Gasteiger partial charge is 0.163 e. The summed E-state index contributed by atoms with van der Waals surface area (Å²) in [5.74, 6) is 1.48. The van der Waals surface area contributed by atoms with Crippen molar-refractivity contribution in [1.82, 2.24) is 0 Å². The molecule has 0 N–H and O–H groups in total. The van der Waals surface area contributed by atoms with Crippen LogP contribution in [0.4, 0.5) is 5.69 Å². The summed E-state index contributed by atoms with van der Waals surface area (Å²) in [6, 6.07) is 5.42. The number of ether oxygens (including phenoxy) is 2. The second-order valence-corrected chi connectivity index (χ2v) is 2.71. The molecule has 13 heavy (non-hydrogen) atoms. The summed E-state index contributed by atoms with van der Waals surface area (Å²) in [5.41, 5.74) is 0.735. The fraction of sp³-hybridized carbons (Fsp3) is 0.222. The number of benzene rings is 1. The number of hydrogen-bond acceptors (Lipinski definition) is 4. The Balaban J connectivity index is 2.40. The van der Waals surface area contributed by atoms with Crippen molar-refractivity contribution in [2.24, 2.45) is 4.99 Å². The molecule has 0 spiro atoms. The molecular weight excluding hydrogens is 186 g/mol. The first-order chi connectivity index (χ1) is 6.40. The third-order valence-corrected chi connectivity index (χ3v) is 1.79. The molecule has 2 rings (SSSR count). The fourth-order valence-electron chi connectivity index (χ4n) is 1.15. The fourth-order valence-corrected chi connectivity index (χ4v) is 1.26. The Labute approximate surface area is 81.0 Å². The van der Waals surface area contributed by atoms with Crippen molar-refractivity contribution in [3.05, 3.63) is 18.2 Å². The van der Waals surface area contributed by atoms with Crippen molar-refractivity contribution in [3.63, 3.8) is 0 Å². The van der Waals surface area contributed by atoms with Crippen LogP contribution in [0.15, 0.2) is 23.2 Å². The molecule has 0 amide bonds. The molecule has 0 aromatic heterocycles. The maximum atomic E-state index is 5.36. The third kappa shape index (κ3) is 1.69. The molecule has 0 aliphatic carbocycles. The third-order valence-electron chi connectivity index (χ3n) is 1.70. The Kier molecular flexibility index (Phi) is 2.25. The Bertz CT molecular complexity index is 372. The summed E-state index contributed by atoms with van der Waals surface area (Å²) in [7, 11) is 0. The van der Waals surface area contributed by atoms with E-state index in [1.807, 2.05) is 12.1 Å². The van der Waals surface area contributed by atoms with E-state index in [1.165, 1.54) is 0 Å². The Morgan fingerprint density at radius 3 is 2.77 bits per heavy atom. The molecule has 3 nitrogen and oxygen atoms in total. The van der Waals surface area contributed by atoms with Crippen LogP contribution in [0.5, 0.6) is 11.5 Å². The zero-order chi connectivity index (χ0) is 9.10. The van der Waals surface area contributed by atoms with Gasteiger partial charge in [0.1, 0.15) is 13.2 Å². The van der Waals surface area contributed by atoms with Crippen LogP contribution in [0.2, 0.25) is 0 Å². The number of rotatable bonds is 1. The lowest BCUT2D eigenvalue weighted by Crippen LogP contribution is -2.14. The van der Waals surface area contributed by atoms with Gasteiger partial charge in [0.2, 0.25) is 0 Å². The van der Waals surface area contributed by atoms with Crippen molar-refractivity contribution in [3.8, 4) is 11.5 Å². The summed E-state index contributed by atoms with van der Waals surface area (Å²) in [4.78, 5) is 3.84. The molecule has 1 aromatic rings. The van der Waals surface area contributed by atoms with Gasteiger partial charge in [-0.15, -0.1) is 0 Å². The molecule has 0 bridgehead atoms. The van der Waals surface area contributed by atoms with Gasteiger partial charge in [0.05, 0.1) is 10.8 Å². The number of hydrogen-bond donors (Lipinski definition) is 0. The Morgan fingerprint density at radius 1 is 1.23 bits per heavy atom. The van der Waals surface area contributed by atoms with E-state index < -0.39 is 0 Å². The van der Waals surface area contributed by atoms with Crippen molar-refractivity contribution < 1.29 is 9.47 Å². The number of fused-ring (bicyclic) bond motifs is 1. The van der Waals surface area contributed by atoms with Gasteiger partial charge in [0.15, 0.2) is 11.5 Å². The molecule has 0 saturated carbocycles. The summed E-state index contributed by atoms with van der Waals surface area (Å²) in [6.07, 6.45) is 0. The Hall–Kier alpha value is -1.38. The van der Waals surface area contributed by atoms with Crippen molar-refractivity contribution in [2.45, 2.75) is 0 Å². The highest BCUT2D eigenvalue weighted by Gasteiger charge is 2.10. The molecular formula is C9H7NO2S. The number of isothiocyanates is 1. The van der Waals surface area contributed by atoms with Crippen LogP contribution in [0.1, 0.15) is 0 Å². The average Bonchev–Trinajstić information content (AvgIpc) is 2.18. The van der Waals surface area contributed by atoms with E-state index in [0.717, 1.165) is 17.2 Å². The number of nitrogens with zero attached hydrogens (tertiary/aromatic N) is 1. The minimum Gasteiger partial charge on any atom is -0.486 e. The molecule has 1 aromatic carbocycles. The van der Waals surface area contributed by atoms with Gasteiger partial charge in [-0.3, -0.25) is 0 Å². The Morgan fingerprint density at radius 2 is 2.00 bits per heavy atom. The van der Waals surface area contributed by atoms with Gasteiger partial charge in [-0.2, -0.15) is 4.99 Å². The van der Waals surface area contributed by atoms with Crippen LogP contribution in [0.25, 0.3) is 0 Å². The lowest BCUT2D eigenvalue weighted by atomic mass is 10.2. The molecule has 0 fully saturated rings. The zero-order valence-corrected chi connectivity index (χ0v) is 7.63. The molecule has 0 saturated heterocycles. The van der Waals surface area contributed by atoms with E-state index >= 15 is 0 Å². The topological polar surface area (TPSA) is 30.8 Å². The van der Waals surface area contributed by atoms with E-state index in [-0.39, 0.29) is 0 Å². The first-order valence-electron chi connectivity index (χ1n) is 3.87. The SMILES string of the molecule is S=C=Nc1ccc2c(c1)OCCO2. The molecule has 0 radical (unpaired) electrons. The van der Waals surface area contributed by atoms with Crippen LogP contribution in [-0.2, 0) is 0 Å². The summed E-state index contributed by atoms with van der Waals surface area (Å²) < 4.78 is 10.7. The van der Waals surface area contributed by atoms with Crippen LogP contribution in [-0.4, -0.2) is 18.4 Å². The van der Waals surface area contributed by atoms with Crippen molar-refractivity contribution in [2.75, 3.05) is 13.2 Å². The van der Waals surface area contributed by atoms with Gasteiger partial charge in [-0.05, 0) is 24.4 Å². The van der Waals surface area contributed by atoms with Gasteiger partial charge >= 0.3 is 0 Å². The first-order valence-corrected chi connectivity index (χ1v) is 4.28. The largest absolute Gasteiger partial charge is 0.486 e. The van der Waals surface area contributed by atoms with Crippen LogP contribution in [0.3, 0.4) is 0 Å². The van der Waals surface area contributed by atoms with Crippen molar-refractivity contribution in [1.29, 1.82) is 0 Å². The van der Waals surface area contributed by atoms with Crippen LogP contribution < -0.4 is 9.47 Å². The van der Waals surface area contributed by atoms with Crippen LogP contribution >= 0.6 is 12.2 Å². The van der Waals surface area contributed by atoms with Gasteiger partial charge in [-0.1, -0.05) is 0 Å². The van der Waals surface area contributed by atoms with Crippen LogP contribution in [0, 0.1) is 0 Å². The second-order valence-electron chi connectivity index (χ2n) is 2.53. The van der Waals surface area contributed by atoms with E-state index in [0.29, 0.717) is 13.2 Å². The van der Waals surface area contributed by atoms with Crippen molar-refractivity contribution >= 4 is 23.1 Å². The average molecular weight is 193 g/mol. The lowest BCUT2D eigenvalue weighted by Gasteiger charge is -2.17. The maximum Gasteiger partial charge on any atom is 0.163 e. The highest BCUT2D eigenvalue weighted by Crippen LogP contribution is 2.33. The lowest BCUT2D eigenvalue weighted by molar-refractivity contribution is 0.171. The van der Waals surface area contributed by atoms with E-state index in [2.05, 4.69) is 22.4 Å². The number of thiocarbonyl (C=S) groups is 1. The minimum atomic E-state index is 0.581. The molecule has 0 atom stereocenters.